The highest BCUT2D eigenvalue weighted by molar-refractivity contribution is 5.74. The maximum atomic E-state index is 11.9. The smallest absolute Gasteiger partial charge is 0.335 e. The van der Waals surface area contributed by atoms with Gasteiger partial charge in [-0.2, -0.15) is 4.68 Å². The second-order valence-electron chi connectivity index (χ2n) is 5.12. The second kappa shape index (κ2) is 7.64. The van der Waals surface area contributed by atoms with Crippen LogP contribution in [0.2, 0.25) is 0 Å². The van der Waals surface area contributed by atoms with Crippen LogP contribution in [0.15, 0.2) is 30.9 Å². The first-order chi connectivity index (χ1) is 11.0. The van der Waals surface area contributed by atoms with Crippen LogP contribution in [0.5, 0.6) is 0 Å². The molecule has 0 amide bonds. The van der Waals surface area contributed by atoms with Gasteiger partial charge in [0, 0.05) is 0 Å². The molecule has 1 unspecified atom stereocenters. The summed E-state index contributed by atoms with van der Waals surface area (Å²) in [6.45, 7) is 9.37. The summed E-state index contributed by atoms with van der Waals surface area (Å²) in [5.41, 5.74) is 2.96. The molecule has 2 rings (SSSR count). The predicted molar refractivity (Wildman–Crippen MR) is 84.0 cm³/mol. The summed E-state index contributed by atoms with van der Waals surface area (Å²) in [6.07, 6.45) is 0.906. The molecule has 7 nitrogen and oxygen atoms in total. The minimum atomic E-state index is -0.669. The van der Waals surface area contributed by atoms with Crippen LogP contribution in [0.1, 0.15) is 23.9 Å². The van der Waals surface area contributed by atoms with Gasteiger partial charge in [-0.25, -0.2) is 4.79 Å². The molecule has 0 radical (unpaired) electrons. The summed E-state index contributed by atoms with van der Waals surface area (Å²) < 4.78 is 12.0. The largest absolute Gasteiger partial charge is 0.455 e. The molecule has 0 aliphatic rings. The van der Waals surface area contributed by atoms with Crippen LogP contribution in [0.3, 0.4) is 0 Å². The second-order valence-corrected chi connectivity index (χ2v) is 5.12. The molecule has 0 aliphatic heterocycles. The number of nitrogens with zero attached hydrogens (tertiary/aromatic N) is 4. The van der Waals surface area contributed by atoms with E-state index in [1.165, 1.54) is 0 Å². The van der Waals surface area contributed by atoms with Gasteiger partial charge in [-0.15, -0.1) is 11.7 Å². The standard InChI is InChI=1S/C16H20N4O3/c1-5-9-22-13(4)16(21)23-10-14-17-18-19-20(14)15-11(2)7-6-8-12(15)3/h5-8,13H,1,9-10H2,2-4H3. The molecule has 122 valence electrons. The molecular weight excluding hydrogens is 296 g/mol. The van der Waals surface area contributed by atoms with E-state index < -0.39 is 12.1 Å². The molecule has 1 heterocycles. The van der Waals surface area contributed by atoms with Crippen molar-refractivity contribution >= 4 is 5.97 Å². The molecular formula is C16H20N4O3. The number of para-hydroxylation sites is 1. The zero-order valence-electron chi connectivity index (χ0n) is 13.5. The summed E-state index contributed by atoms with van der Waals surface area (Å²) >= 11 is 0. The Bertz CT molecular complexity index is 676. The van der Waals surface area contributed by atoms with Gasteiger partial charge < -0.3 is 9.47 Å². The third-order valence-corrected chi connectivity index (χ3v) is 3.32. The number of esters is 1. The number of aryl methyl sites for hydroxylation is 2. The summed E-state index contributed by atoms with van der Waals surface area (Å²) in [6, 6.07) is 5.92. The van der Waals surface area contributed by atoms with Gasteiger partial charge in [0.15, 0.2) is 18.5 Å². The lowest BCUT2D eigenvalue weighted by atomic mass is 10.1. The van der Waals surface area contributed by atoms with Crippen LogP contribution in [0, 0.1) is 13.8 Å². The summed E-state index contributed by atoms with van der Waals surface area (Å²) in [5.74, 6) is -0.0189. The van der Waals surface area contributed by atoms with Crippen LogP contribution < -0.4 is 0 Å². The van der Waals surface area contributed by atoms with Crippen LogP contribution in [-0.2, 0) is 20.9 Å². The SMILES string of the molecule is C=CCOC(C)C(=O)OCc1nnnn1-c1c(C)cccc1C. The maximum absolute atomic E-state index is 11.9. The van der Waals surface area contributed by atoms with E-state index in [0.717, 1.165) is 16.8 Å². The number of hydrogen-bond donors (Lipinski definition) is 0. The quantitative estimate of drug-likeness (QED) is 0.573. The summed E-state index contributed by atoms with van der Waals surface area (Å²) in [7, 11) is 0. The van der Waals surface area contributed by atoms with Crippen molar-refractivity contribution in [2.24, 2.45) is 0 Å². The van der Waals surface area contributed by atoms with Crippen molar-refractivity contribution in [1.82, 2.24) is 20.2 Å². The highest BCUT2D eigenvalue weighted by Crippen LogP contribution is 2.18. The Balaban J connectivity index is 2.10. The first-order valence-electron chi connectivity index (χ1n) is 7.27. The normalized spacial score (nSPS) is 12.0. The Hall–Kier alpha value is -2.54. The third-order valence-electron chi connectivity index (χ3n) is 3.32. The third kappa shape index (κ3) is 4.01. The number of benzene rings is 1. The fourth-order valence-corrected chi connectivity index (χ4v) is 2.14. The molecule has 1 aromatic heterocycles. The van der Waals surface area contributed by atoms with Crippen LogP contribution in [0.25, 0.3) is 5.69 Å². The van der Waals surface area contributed by atoms with Gasteiger partial charge in [-0.1, -0.05) is 24.3 Å². The molecule has 0 aliphatic carbocycles. The van der Waals surface area contributed by atoms with Crippen LogP contribution >= 0.6 is 0 Å². The van der Waals surface area contributed by atoms with Crippen LogP contribution in [0.4, 0.5) is 0 Å². The fourth-order valence-electron chi connectivity index (χ4n) is 2.14. The topological polar surface area (TPSA) is 79.1 Å². The van der Waals surface area contributed by atoms with Crippen molar-refractivity contribution in [3.05, 3.63) is 47.8 Å². The van der Waals surface area contributed by atoms with Crippen molar-refractivity contribution < 1.29 is 14.3 Å². The number of tetrazole rings is 1. The average molecular weight is 316 g/mol. The van der Waals surface area contributed by atoms with Gasteiger partial charge in [0.2, 0.25) is 0 Å². The van der Waals surface area contributed by atoms with Crippen molar-refractivity contribution in [3.63, 3.8) is 0 Å². The molecule has 0 fully saturated rings. The van der Waals surface area contributed by atoms with Gasteiger partial charge in [-0.05, 0) is 42.3 Å². The minimum Gasteiger partial charge on any atom is -0.455 e. The number of ether oxygens (including phenoxy) is 2. The lowest BCUT2D eigenvalue weighted by Crippen LogP contribution is -2.24. The molecule has 7 heteroatoms. The highest BCUT2D eigenvalue weighted by Gasteiger charge is 2.18. The van der Waals surface area contributed by atoms with Crippen LogP contribution in [-0.4, -0.2) is 38.9 Å². The minimum absolute atomic E-state index is 0.0264. The Morgan fingerprint density at radius 2 is 2.09 bits per heavy atom. The first kappa shape index (κ1) is 16.8. The summed E-state index contributed by atoms with van der Waals surface area (Å²) in [5, 5.41) is 11.6. The van der Waals surface area contributed by atoms with E-state index in [-0.39, 0.29) is 13.2 Å². The van der Waals surface area contributed by atoms with E-state index in [9.17, 15) is 4.79 Å². The van der Waals surface area contributed by atoms with Gasteiger partial charge in [0.25, 0.3) is 0 Å². The van der Waals surface area contributed by atoms with E-state index >= 15 is 0 Å². The van der Waals surface area contributed by atoms with Gasteiger partial charge in [-0.3, -0.25) is 0 Å². The Labute approximate surface area is 134 Å². The highest BCUT2D eigenvalue weighted by atomic mass is 16.6. The molecule has 0 saturated heterocycles. The number of carbonyl (C=O) groups is 1. The number of aromatic nitrogens is 4. The zero-order chi connectivity index (χ0) is 16.8. The summed E-state index contributed by atoms with van der Waals surface area (Å²) in [4.78, 5) is 11.9. The first-order valence-corrected chi connectivity index (χ1v) is 7.27. The molecule has 2 aromatic rings. The van der Waals surface area contributed by atoms with Gasteiger partial charge in [0.1, 0.15) is 0 Å². The van der Waals surface area contributed by atoms with Crippen molar-refractivity contribution in [1.29, 1.82) is 0 Å². The van der Waals surface area contributed by atoms with Crippen molar-refractivity contribution in [3.8, 4) is 5.69 Å². The van der Waals surface area contributed by atoms with E-state index in [1.807, 2.05) is 32.0 Å². The van der Waals surface area contributed by atoms with E-state index in [2.05, 4.69) is 22.1 Å². The maximum Gasteiger partial charge on any atom is 0.335 e. The average Bonchev–Trinajstić information content (AvgIpc) is 2.98. The number of carbonyl (C=O) groups excluding carboxylic acids is 1. The van der Waals surface area contributed by atoms with Gasteiger partial charge >= 0.3 is 5.97 Å². The van der Waals surface area contributed by atoms with Crippen molar-refractivity contribution in [2.75, 3.05) is 6.61 Å². The zero-order valence-corrected chi connectivity index (χ0v) is 13.5. The Morgan fingerprint density at radius 3 is 2.74 bits per heavy atom. The fraction of sp³-hybridized carbons (Fsp3) is 0.375. The van der Waals surface area contributed by atoms with E-state index in [1.54, 1.807) is 17.7 Å². The van der Waals surface area contributed by atoms with E-state index in [4.69, 9.17) is 9.47 Å². The Morgan fingerprint density at radius 1 is 1.39 bits per heavy atom. The Kier molecular flexibility index (Phi) is 5.59. The number of hydrogen-bond acceptors (Lipinski definition) is 6. The molecule has 0 N–H and O–H groups in total. The molecule has 1 aromatic carbocycles. The lowest BCUT2D eigenvalue weighted by Gasteiger charge is -2.13. The monoisotopic (exact) mass is 316 g/mol. The van der Waals surface area contributed by atoms with Gasteiger partial charge in [0.05, 0.1) is 12.3 Å². The number of rotatable bonds is 7. The molecule has 0 spiro atoms. The molecule has 23 heavy (non-hydrogen) atoms. The predicted octanol–water partition coefficient (Wildman–Crippen LogP) is 1.91. The van der Waals surface area contributed by atoms with Crippen molar-refractivity contribution in [2.45, 2.75) is 33.5 Å². The molecule has 0 bridgehead atoms. The molecule has 0 saturated carbocycles. The lowest BCUT2D eigenvalue weighted by molar-refractivity contribution is -0.156. The molecule has 1 atom stereocenters. The van der Waals surface area contributed by atoms with E-state index in [0.29, 0.717) is 5.82 Å².